The summed E-state index contributed by atoms with van der Waals surface area (Å²) in [5.74, 6) is 0.846. The van der Waals surface area contributed by atoms with E-state index in [2.05, 4.69) is 17.1 Å². The number of likely N-dealkylation sites (tertiary alicyclic amines) is 1. The first-order valence-electron chi connectivity index (χ1n) is 6.82. The van der Waals surface area contributed by atoms with E-state index in [1.807, 2.05) is 0 Å². The van der Waals surface area contributed by atoms with Crippen molar-refractivity contribution in [3.8, 4) is 0 Å². The van der Waals surface area contributed by atoms with Crippen LogP contribution in [-0.2, 0) is 0 Å². The standard InChI is InChI=1S/C13H26N2/c1-12-11-14-8-7-13(12)15-9-5-3-2-4-6-10-15/h12-14H,2-11H2,1H3. The van der Waals surface area contributed by atoms with Crippen LogP contribution >= 0.6 is 0 Å². The zero-order valence-electron chi connectivity index (χ0n) is 10.2. The molecule has 0 aromatic carbocycles. The third-order valence-electron chi connectivity index (χ3n) is 4.10. The predicted molar refractivity (Wildman–Crippen MR) is 65.1 cm³/mol. The molecule has 2 atom stereocenters. The van der Waals surface area contributed by atoms with Crippen LogP contribution in [0.15, 0.2) is 0 Å². The first-order chi connectivity index (χ1) is 7.38. The van der Waals surface area contributed by atoms with Gasteiger partial charge in [-0.15, -0.1) is 0 Å². The van der Waals surface area contributed by atoms with Crippen LogP contribution in [0.2, 0.25) is 0 Å². The number of nitrogens with one attached hydrogen (secondary N) is 1. The molecular weight excluding hydrogens is 184 g/mol. The molecule has 0 aromatic heterocycles. The van der Waals surface area contributed by atoms with Crippen LogP contribution in [0.25, 0.3) is 0 Å². The molecule has 2 aliphatic rings. The fourth-order valence-electron chi connectivity index (χ4n) is 3.15. The van der Waals surface area contributed by atoms with Gasteiger partial charge in [0.05, 0.1) is 0 Å². The third-order valence-corrected chi connectivity index (χ3v) is 4.10. The Kier molecular flexibility index (Phi) is 4.45. The third kappa shape index (κ3) is 3.18. The number of piperidine rings is 1. The van der Waals surface area contributed by atoms with Crippen LogP contribution in [0, 0.1) is 5.92 Å². The fraction of sp³-hybridized carbons (Fsp3) is 1.00. The Bertz CT molecular complexity index is 173. The van der Waals surface area contributed by atoms with Crippen molar-refractivity contribution < 1.29 is 0 Å². The summed E-state index contributed by atoms with van der Waals surface area (Å²) in [4.78, 5) is 2.78. The van der Waals surface area contributed by atoms with Gasteiger partial charge in [-0.1, -0.05) is 26.2 Å². The number of rotatable bonds is 1. The smallest absolute Gasteiger partial charge is 0.0145 e. The van der Waals surface area contributed by atoms with Crippen molar-refractivity contribution in [1.82, 2.24) is 10.2 Å². The summed E-state index contributed by atoms with van der Waals surface area (Å²) in [5, 5.41) is 3.50. The van der Waals surface area contributed by atoms with Gasteiger partial charge < -0.3 is 10.2 Å². The highest BCUT2D eigenvalue weighted by molar-refractivity contribution is 4.83. The minimum Gasteiger partial charge on any atom is -0.316 e. The van der Waals surface area contributed by atoms with E-state index in [4.69, 9.17) is 0 Å². The predicted octanol–water partition coefficient (Wildman–Crippen LogP) is 2.25. The van der Waals surface area contributed by atoms with Crippen LogP contribution in [0.3, 0.4) is 0 Å². The van der Waals surface area contributed by atoms with Crippen LogP contribution in [0.1, 0.15) is 45.4 Å². The molecule has 2 aliphatic heterocycles. The first-order valence-corrected chi connectivity index (χ1v) is 6.82. The second-order valence-electron chi connectivity index (χ2n) is 5.34. The highest BCUT2D eigenvalue weighted by Gasteiger charge is 2.26. The Morgan fingerprint density at radius 3 is 2.33 bits per heavy atom. The van der Waals surface area contributed by atoms with Gasteiger partial charge in [0.2, 0.25) is 0 Å². The van der Waals surface area contributed by atoms with Crippen LogP contribution in [0.4, 0.5) is 0 Å². The molecule has 1 N–H and O–H groups in total. The van der Waals surface area contributed by atoms with E-state index >= 15 is 0 Å². The van der Waals surface area contributed by atoms with Crippen LogP contribution in [-0.4, -0.2) is 37.1 Å². The van der Waals surface area contributed by atoms with Gasteiger partial charge in [-0.05, 0) is 51.4 Å². The van der Waals surface area contributed by atoms with Crippen molar-refractivity contribution in [3.63, 3.8) is 0 Å². The molecule has 0 saturated carbocycles. The molecule has 2 unspecified atom stereocenters. The topological polar surface area (TPSA) is 15.3 Å². The van der Waals surface area contributed by atoms with Crippen molar-refractivity contribution in [2.24, 2.45) is 5.92 Å². The number of nitrogens with zero attached hydrogens (tertiary/aromatic N) is 1. The fourth-order valence-corrected chi connectivity index (χ4v) is 3.15. The quantitative estimate of drug-likeness (QED) is 0.714. The molecule has 2 fully saturated rings. The SMILES string of the molecule is CC1CNCCC1N1CCCCCCC1. The van der Waals surface area contributed by atoms with E-state index in [1.54, 1.807) is 0 Å². The van der Waals surface area contributed by atoms with Gasteiger partial charge in [0.1, 0.15) is 0 Å². The van der Waals surface area contributed by atoms with Crippen LogP contribution < -0.4 is 5.32 Å². The van der Waals surface area contributed by atoms with E-state index in [1.165, 1.54) is 64.7 Å². The summed E-state index contributed by atoms with van der Waals surface area (Å²) < 4.78 is 0. The number of hydrogen-bond donors (Lipinski definition) is 1. The van der Waals surface area contributed by atoms with Gasteiger partial charge in [-0.2, -0.15) is 0 Å². The molecule has 2 nitrogen and oxygen atoms in total. The highest BCUT2D eigenvalue weighted by atomic mass is 15.2. The van der Waals surface area contributed by atoms with Crippen molar-refractivity contribution >= 4 is 0 Å². The zero-order chi connectivity index (χ0) is 10.5. The normalized spacial score (nSPS) is 35.8. The molecule has 0 radical (unpaired) electrons. The van der Waals surface area contributed by atoms with E-state index < -0.39 is 0 Å². The van der Waals surface area contributed by atoms with E-state index in [9.17, 15) is 0 Å². The molecule has 0 aliphatic carbocycles. The Balaban J connectivity index is 1.87. The minimum absolute atomic E-state index is 0.846. The summed E-state index contributed by atoms with van der Waals surface area (Å²) in [5.41, 5.74) is 0. The Morgan fingerprint density at radius 1 is 1.00 bits per heavy atom. The first kappa shape index (κ1) is 11.4. The minimum atomic E-state index is 0.846. The lowest BCUT2D eigenvalue weighted by molar-refractivity contribution is 0.110. The van der Waals surface area contributed by atoms with E-state index in [0.29, 0.717) is 0 Å². The lowest BCUT2D eigenvalue weighted by atomic mass is 9.92. The maximum atomic E-state index is 3.50. The zero-order valence-corrected chi connectivity index (χ0v) is 10.2. The molecular formula is C13H26N2. The van der Waals surface area contributed by atoms with Crippen molar-refractivity contribution in [1.29, 1.82) is 0 Å². The molecule has 2 saturated heterocycles. The molecule has 0 amide bonds. The molecule has 2 heteroatoms. The number of hydrogen-bond acceptors (Lipinski definition) is 2. The monoisotopic (exact) mass is 210 g/mol. The van der Waals surface area contributed by atoms with Crippen LogP contribution in [0.5, 0.6) is 0 Å². The molecule has 2 heterocycles. The Morgan fingerprint density at radius 2 is 1.67 bits per heavy atom. The van der Waals surface area contributed by atoms with Crippen molar-refractivity contribution in [2.45, 2.75) is 51.5 Å². The van der Waals surface area contributed by atoms with Gasteiger partial charge in [-0.3, -0.25) is 0 Å². The van der Waals surface area contributed by atoms with Crippen molar-refractivity contribution in [3.05, 3.63) is 0 Å². The van der Waals surface area contributed by atoms with E-state index in [0.717, 1.165) is 12.0 Å². The van der Waals surface area contributed by atoms with E-state index in [-0.39, 0.29) is 0 Å². The lowest BCUT2D eigenvalue weighted by Gasteiger charge is -2.39. The maximum Gasteiger partial charge on any atom is 0.0145 e. The van der Waals surface area contributed by atoms with Gasteiger partial charge in [0.15, 0.2) is 0 Å². The second-order valence-corrected chi connectivity index (χ2v) is 5.34. The second kappa shape index (κ2) is 5.86. The van der Waals surface area contributed by atoms with Crippen molar-refractivity contribution in [2.75, 3.05) is 26.2 Å². The molecule has 0 spiro atoms. The van der Waals surface area contributed by atoms with Gasteiger partial charge in [0.25, 0.3) is 0 Å². The highest BCUT2D eigenvalue weighted by Crippen LogP contribution is 2.21. The Labute approximate surface area is 94.4 Å². The summed E-state index contributed by atoms with van der Waals surface area (Å²) >= 11 is 0. The largest absolute Gasteiger partial charge is 0.316 e. The maximum absolute atomic E-state index is 3.50. The summed E-state index contributed by atoms with van der Waals surface area (Å²) in [6.07, 6.45) is 8.59. The molecule has 2 rings (SSSR count). The van der Waals surface area contributed by atoms with Gasteiger partial charge in [-0.25, -0.2) is 0 Å². The summed E-state index contributed by atoms with van der Waals surface area (Å²) in [7, 11) is 0. The molecule has 0 bridgehead atoms. The molecule has 88 valence electrons. The Hall–Kier alpha value is -0.0800. The van der Waals surface area contributed by atoms with Gasteiger partial charge in [0, 0.05) is 6.04 Å². The molecule has 15 heavy (non-hydrogen) atoms. The average molecular weight is 210 g/mol. The van der Waals surface area contributed by atoms with Gasteiger partial charge >= 0.3 is 0 Å². The average Bonchev–Trinajstić information content (AvgIpc) is 2.19. The lowest BCUT2D eigenvalue weighted by Crippen LogP contribution is -2.49. The molecule has 0 aromatic rings. The summed E-state index contributed by atoms with van der Waals surface area (Å²) in [6.45, 7) is 7.58. The summed E-state index contributed by atoms with van der Waals surface area (Å²) in [6, 6.07) is 0.865.